The van der Waals surface area contributed by atoms with Gasteiger partial charge in [0.1, 0.15) is 5.69 Å². The van der Waals surface area contributed by atoms with Crippen molar-refractivity contribution in [1.82, 2.24) is 4.98 Å². The molecule has 0 radical (unpaired) electrons. The van der Waals surface area contributed by atoms with Gasteiger partial charge in [-0.3, -0.25) is 4.79 Å². The molecule has 1 saturated carbocycles. The summed E-state index contributed by atoms with van der Waals surface area (Å²) in [7, 11) is 0. The van der Waals surface area contributed by atoms with Crippen molar-refractivity contribution in [2.45, 2.75) is 45.4 Å². The fraction of sp³-hybridized carbons (Fsp3) is 0.476. The lowest BCUT2D eigenvalue weighted by Gasteiger charge is -2.29. The predicted molar refractivity (Wildman–Crippen MR) is 106 cm³/mol. The summed E-state index contributed by atoms with van der Waals surface area (Å²) in [6.07, 6.45) is 8.35. The average Bonchev–Trinajstić information content (AvgIpc) is 3.07. The number of benzene rings is 1. The molecule has 1 fully saturated rings. The molecule has 26 heavy (non-hydrogen) atoms. The third-order valence-corrected chi connectivity index (χ3v) is 6.21. The molecule has 1 aliphatic rings. The fourth-order valence-electron chi connectivity index (χ4n) is 3.59. The molecule has 2 aromatic rings. The summed E-state index contributed by atoms with van der Waals surface area (Å²) in [5.41, 5.74) is 2.48. The molecule has 5 heteroatoms. The summed E-state index contributed by atoms with van der Waals surface area (Å²) in [4.78, 5) is 19.1. The SMILES string of the molecule is Cc1sc(N(CCc2ccc(C#N)cc2)CC2CCCCC2)nc1C=O. The van der Waals surface area contributed by atoms with Crippen molar-refractivity contribution in [3.63, 3.8) is 0 Å². The molecule has 1 aliphatic carbocycles. The first-order valence-electron chi connectivity index (χ1n) is 9.36. The van der Waals surface area contributed by atoms with Gasteiger partial charge in [0.25, 0.3) is 0 Å². The van der Waals surface area contributed by atoms with Gasteiger partial charge in [0.05, 0.1) is 11.6 Å². The first kappa shape index (κ1) is 18.6. The van der Waals surface area contributed by atoms with Crippen molar-refractivity contribution in [1.29, 1.82) is 5.26 Å². The van der Waals surface area contributed by atoms with Crippen molar-refractivity contribution in [3.8, 4) is 6.07 Å². The van der Waals surface area contributed by atoms with Crippen molar-refractivity contribution in [2.75, 3.05) is 18.0 Å². The van der Waals surface area contributed by atoms with Crippen LogP contribution in [-0.2, 0) is 6.42 Å². The Bertz CT molecular complexity index is 770. The molecule has 1 aromatic heterocycles. The third-order valence-electron chi connectivity index (χ3n) is 5.16. The van der Waals surface area contributed by atoms with Gasteiger partial charge in [0.2, 0.25) is 0 Å². The maximum absolute atomic E-state index is 11.2. The number of anilines is 1. The molecule has 0 atom stereocenters. The van der Waals surface area contributed by atoms with Crippen LogP contribution in [0.5, 0.6) is 0 Å². The number of nitriles is 1. The van der Waals surface area contributed by atoms with E-state index in [4.69, 9.17) is 5.26 Å². The molecule has 0 aliphatic heterocycles. The van der Waals surface area contributed by atoms with Gasteiger partial charge in [-0.2, -0.15) is 5.26 Å². The number of aldehydes is 1. The van der Waals surface area contributed by atoms with Crippen LogP contribution in [0.4, 0.5) is 5.13 Å². The zero-order chi connectivity index (χ0) is 18.4. The number of nitrogens with zero attached hydrogens (tertiary/aromatic N) is 3. The molecular weight excluding hydrogens is 342 g/mol. The Labute approximate surface area is 159 Å². The molecule has 3 rings (SSSR count). The number of aryl methyl sites for hydroxylation is 1. The molecule has 0 saturated heterocycles. The van der Waals surface area contributed by atoms with Crippen LogP contribution in [-0.4, -0.2) is 24.4 Å². The number of carbonyl (C=O) groups excluding carboxylic acids is 1. The number of thiazole rings is 1. The second-order valence-electron chi connectivity index (χ2n) is 7.06. The zero-order valence-electron chi connectivity index (χ0n) is 15.3. The second kappa shape index (κ2) is 8.95. The van der Waals surface area contributed by atoms with Crippen LogP contribution < -0.4 is 4.90 Å². The highest BCUT2D eigenvalue weighted by atomic mass is 32.1. The van der Waals surface area contributed by atoms with E-state index in [2.05, 4.69) is 16.0 Å². The maximum Gasteiger partial charge on any atom is 0.186 e. The minimum atomic E-state index is 0.567. The highest BCUT2D eigenvalue weighted by Crippen LogP contribution is 2.30. The summed E-state index contributed by atoms with van der Waals surface area (Å²) in [5, 5.41) is 9.90. The quantitative estimate of drug-likeness (QED) is 0.662. The molecule has 0 unspecified atom stereocenters. The van der Waals surface area contributed by atoms with Crippen molar-refractivity contribution in [3.05, 3.63) is 46.0 Å². The van der Waals surface area contributed by atoms with Gasteiger partial charge in [-0.25, -0.2) is 4.98 Å². The van der Waals surface area contributed by atoms with Crippen molar-refractivity contribution in [2.24, 2.45) is 5.92 Å². The summed E-state index contributed by atoms with van der Waals surface area (Å²) >= 11 is 1.62. The van der Waals surface area contributed by atoms with E-state index in [1.54, 1.807) is 11.3 Å². The Kier molecular flexibility index (Phi) is 6.40. The third kappa shape index (κ3) is 4.70. The van der Waals surface area contributed by atoms with Gasteiger partial charge in [-0.05, 0) is 49.8 Å². The minimum absolute atomic E-state index is 0.567. The van der Waals surface area contributed by atoms with E-state index in [-0.39, 0.29) is 0 Å². The van der Waals surface area contributed by atoms with E-state index >= 15 is 0 Å². The highest BCUT2D eigenvalue weighted by molar-refractivity contribution is 7.15. The van der Waals surface area contributed by atoms with E-state index in [1.807, 2.05) is 31.2 Å². The van der Waals surface area contributed by atoms with Gasteiger partial charge in [0.15, 0.2) is 11.4 Å². The Morgan fingerprint density at radius 1 is 1.27 bits per heavy atom. The molecule has 0 amide bonds. The van der Waals surface area contributed by atoms with Gasteiger partial charge < -0.3 is 4.90 Å². The standard InChI is InChI=1S/C21H25N3OS/c1-16-20(15-25)23-21(26-16)24(14-19-5-3-2-4-6-19)12-11-17-7-9-18(13-22)10-8-17/h7-10,15,19H,2-6,11-12,14H2,1H3. The molecule has 136 valence electrons. The molecular formula is C21H25N3OS. The predicted octanol–water partition coefficient (Wildman–Crippen LogP) is 4.77. The molecule has 1 heterocycles. The van der Waals surface area contributed by atoms with Gasteiger partial charge in [-0.1, -0.05) is 31.4 Å². The number of hydrogen-bond acceptors (Lipinski definition) is 5. The lowest BCUT2D eigenvalue weighted by Crippen LogP contribution is -2.32. The highest BCUT2D eigenvalue weighted by Gasteiger charge is 2.20. The number of hydrogen-bond donors (Lipinski definition) is 0. The van der Waals surface area contributed by atoms with Crippen LogP contribution in [0.2, 0.25) is 0 Å². The normalized spacial score (nSPS) is 14.8. The fourth-order valence-corrected chi connectivity index (χ4v) is 4.51. The maximum atomic E-state index is 11.2. The van der Waals surface area contributed by atoms with E-state index < -0.39 is 0 Å². The molecule has 4 nitrogen and oxygen atoms in total. The zero-order valence-corrected chi connectivity index (χ0v) is 16.1. The lowest BCUT2D eigenvalue weighted by atomic mass is 9.89. The number of aromatic nitrogens is 1. The summed E-state index contributed by atoms with van der Waals surface area (Å²) in [5.74, 6) is 0.716. The monoisotopic (exact) mass is 367 g/mol. The van der Waals surface area contributed by atoms with E-state index in [9.17, 15) is 4.79 Å². The summed E-state index contributed by atoms with van der Waals surface area (Å²) in [6, 6.07) is 9.97. The summed E-state index contributed by atoms with van der Waals surface area (Å²) < 4.78 is 0. The van der Waals surface area contributed by atoms with Crippen molar-refractivity contribution >= 4 is 22.8 Å². The summed E-state index contributed by atoms with van der Waals surface area (Å²) in [6.45, 7) is 3.86. The van der Waals surface area contributed by atoms with Crippen LogP contribution in [0.25, 0.3) is 0 Å². The average molecular weight is 368 g/mol. The van der Waals surface area contributed by atoms with Crippen LogP contribution in [0.3, 0.4) is 0 Å². The Morgan fingerprint density at radius 2 is 2.00 bits per heavy atom. The Hall–Kier alpha value is -2.19. The lowest BCUT2D eigenvalue weighted by molar-refractivity contribution is 0.111. The Morgan fingerprint density at radius 3 is 2.62 bits per heavy atom. The first-order chi connectivity index (χ1) is 12.7. The first-order valence-corrected chi connectivity index (χ1v) is 10.2. The van der Waals surface area contributed by atoms with Gasteiger partial charge >= 0.3 is 0 Å². The van der Waals surface area contributed by atoms with E-state index in [0.717, 1.165) is 35.8 Å². The van der Waals surface area contributed by atoms with Gasteiger partial charge in [-0.15, -0.1) is 11.3 Å². The minimum Gasteiger partial charge on any atom is -0.347 e. The second-order valence-corrected chi connectivity index (χ2v) is 8.25. The molecule has 0 spiro atoms. The number of carbonyl (C=O) groups is 1. The van der Waals surface area contributed by atoms with Crippen LogP contribution >= 0.6 is 11.3 Å². The van der Waals surface area contributed by atoms with Gasteiger partial charge in [0, 0.05) is 18.0 Å². The molecule has 1 aromatic carbocycles. The molecule has 0 N–H and O–H groups in total. The van der Waals surface area contributed by atoms with Crippen LogP contribution in [0.1, 0.15) is 58.6 Å². The van der Waals surface area contributed by atoms with Crippen LogP contribution in [0.15, 0.2) is 24.3 Å². The number of rotatable bonds is 7. The van der Waals surface area contributed by atoms with E-state index in [0.29, 0.717) is 17.2 Å². The van der Waals surface area contributed by atoms with Crippen molar-refractivity contribution < 1.29 is 4.79 Å². The molecule has 0 bridgehead atoms. The largest absolute Gasteiger partial charge is 0.347 e. The topological polar surface area (TPSA) is 57.0 Å². The van der Waals surface area contributed by atoms with E-state index in [1.165, 1.54) is 37.7 Å². The smallest absolute Gasteiger partial charge is 0.186 e. The Balaban J connectivity index is 1.72. The van der Waals surface area contributed by atoms with Crippen LogP contribution in [0, 0.1) is 24.2 Å².